The molecule has 3 heterocycles. The largest absolute Gasteiger partial charge is 0.367 e. The second-order valence-corrected chi connectivity index (χ2v) is 7.40. The molecule has 4 aromatic rings. The van der Waals surface area contributed by atoms with Crippen molar-refractivity contribution in [2.45, 2.75) is 6.92 Å². The third-order valence-electron chi connectivity index (χ3n) is 3.81. The molecular formula is C17H11Cl2N3OS. The zero-order valence-corrected chi connectivity index (χ0v) is 14.8. The molecular weight excluding hydrogens is 365 g/mol. The van der Waals surface area contributed by atoms with Crippen LogP contribution in [-0.4, -0.2) is 15.0 Å². The van der Waals surface area contributed by atoms with Gasteiger partial charge in [-0.05, 0) is 25.1 Å². The first-order valence-electron chi connectivity index (χ1n) is 7.16. The minimum absolute atomic E-state index is 0.179. The number of hydrogen-bond donors (Lipinski definition) is 2. The summed E-state index contributed by atoms with van der Waals surface area (Å²) in [7, 11) is 0. The van der Waals surface area contributed by atoms with E-state index < -0.39 is 0 Å². The highest BCUT2D eigenvalue weighted by Crippen LogP contribution is 2.40. The molecule has 24 heavy (non-hydrogen) atoms. The molecule has 0 aliphatic heterocycles. The van der Waals surface area contributed by atoms with Gasteiger partial charge in [0.25, 0.3) is 5.56 Å². The van der Waals surface area contributed by atoms with Crippen molar-refractivity contribution in [1.29, 1.82) is 0 Å². The highest BCUT2D eigenvalue weighted by Gasteiger charge is 2.19. The van der Waals surface area contributed by atoms with E-state index in [-0.39, 0.29) is 5.56 Å². The average Bonchev–Trinajstić information content (AvgIpc) is 3.15. The lowest BCUT2D eigenvalue weighted by atomic mass is 10.0. The molecule has 0 saturated heterocycles. The van der Waals surface area contributed by atoms with Crippen LogP contribution in [0.25, 0.3) is 32.7 Å². The fourth-order valence-corrected chi connectivity index (χ4v) is 4.28. The van der Waals surface area contributed by atoms with E-state index in [4.69, 9.17) is 23.2 Å². The Kier molecular flexibility index (Phi) is 3.72. The molecule has 0 bridgehead atoms. The van der Waals surface area contributed by atoms with Crippen LogP contribution in [0.1, 0.15) is 4.88 Å². The van der Waals surface area contributed by atoms with Crippen LogP contribution in [0, 0.1) is 6.92 Å². The maximum absolute atomic E-state index is 12.7. The van der Waals surface area contributed by atoms with Gasteiger partial charge in [0.2, 0.25) is 0 Å². The van der Waals surface area contributed by atoms with Crippen LogP contribution >= 0.6 is 34.5 Å². The van der Waals surface area contributed by atoms with E-state index in [1.165, 1.54) is 11.3 Å². The zero-order chi connectivity index (χ0) is 16.8. The summed E-state index contributed by atoms with van der Waals surface area (Å²) >= 11 is 13.8. The summed E-state index contributed by atoms with van der Waals surface area (Å²) in [6.07, 6.45) is 3.58. The van der Waals surface area contributed by atoms with E-state index in [2.05, 4.69) is 15.0 Å². The van der Waals surface area contributed by atoms with E-state index in [9.17, 15) is 4.79 Å². The standard InChI is InChI=1S/C17H11Cl2N3OS/c1-8-13(11-3-2-10(18)6-12(11)19)14-16(23)21-15(22-17(14)24-8)9-4-5-20-7-9/h2-7,20H,1H3,(H,21,22,23). The van der Waals surface area contributed by atoms with Gasteiger partial charge in [-0.15, -0.1) is 11.3 Å². The van der Waals surface area contributed by atoms with Crippen molar-refractivity contribution in [3.63, 3.8) is 0 Å². The molecule has 0 aliphatic rings. The van der Waals surface area contributed by atoms with Gasteiger partial charge in [-0.1, -0.05) is 29.3 Å². The monoisotopic (exact) mass is 375 g/mol. The highest BCUT2D eigenvalue weighted by atomic mass is 35.5. The van der Waals surface area contributed by atoms with Crippen LogP contribution < -0.4 is 5.56 Å². The van der Waals surface area contributed by atoms with Crippen molar-refractivity contribution in [1.82, 2.24) is 15.0 Å². The molecule has 0 aliphatic carbocycles. The number of halogens is 2. The van der Waals surface area contributed by atoms with Gasteiger partial charge in [0.15, 0.2) is 0 Å². The maximum atomic E-state index is 12.7. The van der Waals surface area contributed by atoms with Crippen molar-refractivity contribution >= 4 is 44.8 Å². The van der Waals surface area contributed by atoms with Crippen LogP contribution in [0.2, 0.25) is 10.0 Å². The number of nitrogens with zero attached hydrogens (tertiary/aromatic N) is 1. The summed E-state index contributed by atoms with van der Waals surface area (Å²) in [6.45, 7) is 1.96. The van der Waals surface area contributed by atoms with E-state index in [0.717, 1.165) is 21.6 Å². The van der Waals surface area contributed by atoms with Gasteiger partial charge in [-0.3, -0.25) is 4.79 Å². The van der Waals surface area contributed by atoms with Gasteiger partial charge in [0.1, 0.15) is 10.7 Å². The van der Waals surface area contributed by atoms with E-state index >= 15 is 0 Å². The molecule has 7 heteroatoms. The van der Waals surface area contributed by atoms with Crippen LogP contribution in [0.5, 0.6) is 0 Å². The van der Waals surface area contributed by atoms with Gasteiger partial charge in [0.05, 0.1) is 5.39 Å². The summed E-state index contributed by atoms with van der Waals surface area (Å²) in [5.74, 6) is 0.545. The number of aryl methyl sites for hydroxylation is 1. The lowest BCUT2D eigenvalue weighted by Crippen LogP contribution is -2.08. The molecule has 0 spiro atoms. The number of benzene rings is 1. The Bertz CT molecular complexity index is 1110. The first-order valence-corrected chi connectivity index (χ1v) is 8.74. The first-order chi connectivity index (χ1) is 11.5. The Balaban J connectivity index is 2.01. The summed E-state index contributed by atoms with van der Waals surface area (Å²) in [6, 6.07) is 7.14. The van der Waals surface area contributed by atoms with Crippen molar-refractivity contribution in [3.05, 3.63) is 61.9 Å². The smallest absolute Gasteiger partial charge is 0.260 e. The number of rotatable bonds is 2. The van der Waals surface area contributed by atoms with Crippen molar-refractivity contribution < 1.29 is 0 Å². The van der Waals surface area contributed by atoms with Crippen LogP contribution in [0.4, 0.5) is 0 Å². The lowest BCUT2D eigenvalue weighted by molar-refractivity contribution is 1.19. The Labute approximate surface area is 151 Å². The Morgan fingerprint density at radius 3 is 2.75 bits per heavy atom. The van der Waals surface area contributed by atoms with Crippen molar-refractivity contribution in [3.8, 4) is 22.5 Å². The second-order valence-electron chi connectivity index (χ2n) is 5.35. The fraction of sp³-hybridized carbons (Fsp3) is 0.0588. The Morgan fingerprint density at radius 2 is 2.04 bits per heavy atom. The van der Waals surface area contributed by atoms with E-state index in [1.54, 1.807) is 24.5 Å². The number of H-pyrrole nitrogens is 2. The van der Waals surface area contributed by atoms with Gasteiger partial charge >= 0.3 is 0 Å². The van der Waals surface area contributed by atoms with Gasteiger partial charge in [0, 0.05) is 44.0 Å². The van der Waals surface area contributed by atoms with Crippen molar-refractivity contribution in [2.24, 2.45) is 0 Å². The fourth-order valence-electron chi connectivity index (χ4n) is 2.74. The van der Waals surface area contributed by atoms with Gasteiger partial charge in [-0.25, -0.2) is 4.98 Å². The lowest BCUT2D eigenvalue weighted by Gasteiger charge is -2.05. The molecule has 120 valence electrons. The first kappa shape index (κ1) is 15.4. The third kappa shape index (κ3) is 2.45. The molecule has 4 nitrogen and oxygen atoms in total. The molecule has 3 aromatic heterocycles. The van der Waals surface area contributed by atoms with Crippen LogP contribution in [0.3, 0.4) is 0 Å². The topological polar surface area (TPSA) is 61.5 Å². The number of fused-ring (bicyclic) bond motifs is 1. The van der Waals surface area contributed by atoms with Crippen molar-refractivity contribution in [2.75, 3.05) is 0 Å². The number of thiophene rings is 1. The second kappa shape index (κ2) is 5.77. The van der Waals surface area contributed by atoms with E-state index in [0.29, 0.717) is 26.1 Å². The Morgan fingerprint density at radius 1 is 1.21 bits per heavy atom. The minimum Gasteiger partial charge on any atom is -0.367 e. The molecule has 0 fully saturated rings. The summed E-state index contributed by atoms with van der Waals surface area (Å²) < 4.78 is 0. The summed E-state index contributed by atoms with van der Waals surface area (Å²) in [4.78, 5) is 24.8. The Hall–Kier alpha value is -2.08. The predicted molar refractivity (Wildman–Crippen MR) is 100 cm³/mol. The molecule has 0 radical (unpaired) electrons. The van der Waals surface area contributed by atoms with E-state index in [1.807, 2.05) is 19.1 Å². The summed E-state index contributed by atoms with van der Waals surface area (Å²) in [5.41, 5.74) is 2.25. The predicted octanol–water partition coefficient (Wildman–Crippen LogP) is 5.26. The molecule has 0 saturated carbocycles. The van der Waals surface area contributed by atoms with Gasteiger partial charge < -0.3 is 9.97 Å². The van der Waals surface area contributed by atoms with Crippen LogP contribution in [0.15, 0.2) is 41.5 Å². The minimum atomic E-state index is -0.179. The molecule has 4 rings (SSSR count). The molecule has 2 N–H and O–H groups in total. The average molecular weight is 376 g/mol. The number of hydrogen-bond acceptors (Lipinski definition) is 3. The van der Waals surface area contributed by atoms with Crippen LogP contribution in [-0.2, 0) is 0 Å². The number of nitrogens with one attached hydrogen (secondary N) is 2. The normalized spacial score (nSPS) is 11.3. The maximum Gasteiger partial charge on any atom is 0.260 e. The zero-order valence-electron chi connectivity index (χ0n) is 12.5. The number of aromatic nitrogens is 3. The molecule has 0 atom stereocenters. The number of aromatic amines is 2. The SMILES string of the molecule is Cc1sc2nc(-c3cc[nH]c3)[nH]c(=O)c2c1-c1ccc(Cl)cc1Cl. The summed E-state index contributed by atoms with van der Waals surface area (Å²) in [5, 5.41) is 1.63. The molecule has 0 unspecified atom stereocenters. The highest BCUT2D eigenvalue weighted by molar-refractivity contribution is 7.19. The third-order valence-corrected chi connectivity index (χ3v) is 5.36. The van der Waals surface area contributed by atoms with Gasteiger partial charge in [-0.2, -0.15) is 0 Å². The molecule has 0 amide bonds. The molecule has 1 aromatic carbocycles. The quantitative estimate of drug-likeness (QED) is 0.501.